The second-order valence-electron chi connectivity index (χ2n) is 6.66. The fourth-order valence-corrected chi connectivity index (χ4v) is 3.14. The lowest BCUT2D eigenvalue weighted by atomic mass is 10.2. The van der Waals surface area contributed by atoms with Gasteiger partial charge in [0.2, 0.25) is 5.91 Å². The first-order valence-electron chi connectivity index (χ1n) is 9.25. The van der Waals surface area contributed by atoms with Gasteiger partial charge in [0.1, 0.15) is 23.9 Å². The van der Waals surface area contributed by atoms with Crippen molar-refractivity contribution < 1.29 is 23.2 Å². The molecule has 7 nitrogen and oxygen atoms in total. The highest BCUT2D eigenvalue weighted by Crippen LogP contribution is 2.20. The number of hydrogen-bond donors (Lipinski definition) is 2. The summed E-state index contributed by atoms with van der Waals surface area (Å²) in [5, 5.41) is 4.73. The fraction of sp³-hybridized carbons (Fsp3) is 0.0455. The molecule has 0 spiro atoms. The fourth-order valence-electron chi connectivity index (χ4n) is 3.14. The predicted octanol–water partition coefficient (Wildman–Crippen LogP) is 3.29. The van der Waals surface area contributed by atoms with Gasteiger partial charge in [-0.05, 0) is 42.5 Å². The summed E-state index contributed by atoms with van der Waals surface area (Å²) in [4.78, 5) is 37.8. The maximum absolute atomic E-state index is 14.1. The summed E-state index contributed by atoms with van der Waals surface area (Å²) in [6.45, 7) is -0.593. The van der Waals surface area contributed by atoms with E-state index in [0.29, 0.717) is 10.6 Å². The number of carbonyl (C=O) groups is 3. The van der Waals surface area contributed by atoms with Crippen molar-refractivity contribution >= 4 is 29.6 Å². The van der Waals surface area contributed by atoms with E-state index in [9.17, 15) is 23.2 Å². The third kappa shape index (κ3) is 4.06. The lowest BCUT2D eigenvalue weighted by molar-refractivity contribution is -0.127. The van der Waals surface area contributed by atoms with Gasteiger partial charge in [-0.15, -0.1) is 0 Å². The molecule has 0 atom stereocenters. The van der Waals surface area contributed by atoms with Crippen LogP contribution in [0.25, 0.3) is 11.8 Å². The number of halogens is 2. The summed E-state index contributed by atoms with van der Waals surface area (Å²) in [5.41, 5.74) is 0.599. The number of nitrogens with zero attached hydrogens (tertiary/aromatic N) is 2. The maximum atomic E-state index is 14.1. The molecule has 1 aliphatic heterocycles. The Bertz CT molecular complexity index is 1220. The Morgan fingerprint density at radius 3 is 2.42 bits per heavy atom. The highest BCUT2D eigenvalue weighted by atomic mass is 19.1. The molecule has 0 unspecified atom stereocenters. The topological polar surface area (TPSA) is 83.4 Å². The van der Waals surface area contributed by atoms with Crippen LogP contribution in [0, 0.1) is 11.6 Å². The second kappa shape index (κ2) is 8.23. The van der Waals surface area contributed by atoms with Crippen molar-refractivity contribution in [2.45, 2.75) is 0 Å². The summed E-state index contributed by atoms with van der Waals surface area (Å²) in [6.07, 6.45) is 3.01. The van der Waals surface area contributed by atoms with E-state index >= 15 is 0 Å². The van der Waals surface area contributed by atoms with Crippen molar-refractivity contribution in [3.8, 4) is 5.69 Å². The zero-order chi connectivity index (χ0) is 22.0. The van der Waals surface area contributed by atoms with Gasteiger partial charge >= 0.3 is 6.03 Å². The number of hydrogen-bond acceptors (Lipinski definition) is 3. The monoisotopic (exact) mass is 422 g/mol. The minimum Gasteiger partial charge on any atom is -0.322 e. The SMILES string of the molecule is O=C(CN1C(=O)N/C(=C/c2cccn2-c2ccccc2F)C1=O)Nc1ccccc1F. The zero-order valence-corrected chi connectivity index (χ0v) is 16.0. The molecular weight excluding hydrogens is 406 g/mol. The number of carbonyl (C=O) groups excluding carboxylic acids is 3. The maximum Gasteiger partial charge on any atom is 0.329 e. The van der Waals surface area contributed by atoms with Crippen LogP contribution in [0.4, 0.5) is 19.3 Å². The molecule has 9 heteroatoms. The van der Waals surface area contributed by atoms with Crippen LogP contribution in [0.2, 0.25) is 0 Å². The molecule has 2 aromatic carbocycles. The molecule has 0 aliphatic carbocycles. The number of imide groups is 1. The summed E-state index contributed by atoms with van der Waals surface area (Å²) in [5.74, 6) is -2.55. The Hall–Kier alpha value is -4.27. The molecule has 31 heavy (non-hydrogen) atoms. The van der Waals surface area contributed by atoms with E-state index in [1.807, 2.05) is 0 Å². The summed E-state index contributed by atoms with van der Waals surface area (Å²) in [7, 11) is 0. The van der Waals surface area contributed by atoms with Gasteiger partial charge in [-0.3, -0.25) is 9.59 Å². The molecule has 2 N–H and O–H groups in total. The molecular formula is C22H16F2N4O3. The van der Waals surface area contributed by atoms with E-state index in [1.54, 1.807) is 36.5 Å². The number of benzene rings is 2. The van der Waals surface area contributed by atoms with E-state index in [0.717, 1.165) is 0 Å². The van der Waals surface area contributed by atoms with E-state index < -0.39 is 36.0 Å². The normalized spacial score (nSPS) is 14.8. The Morgan fingerprint density at radius 2 is 1.68 bits per heavy atom. The number of aromatic nitrogens is 1. The van der Waals surface area contributed by atoms with Crippen LogP contribution in [0.1, 0.15) is 5.69 Å². The molecule has 1 aromatic heterocycles. The third-order valence-corrected chi connectivity index (χ3v) is 4.60. The molecule has 156 valence electrons. The lowest BCUT2D eigenvalue weighted by Crippen LogP contribution is -2.38. The Balaban J connectivity index is 1.52. The smallest absolute Gasteiger partial charge is 0.322 e. The summed E-state index contributed by atoms with van der Waals surface area (Å²) >= 11 is 0. The number of amides is 4. The highest BCUT2D eigenvalue weighted by Gasteiger charge is 2.35. The van der Waals surface area contributed by atoms with Crippen LogP contribution in [0.15, 0.2) is 72.6 Å². The molecule has 4 rings (SSSR count). The second-order valence-corrected chi connectivity index (χ2v) is 6.66. The van der Waals surface area contributed by atoms with Crippen LogP contribution in [0.5, 0.6) is 0 Å². The standard InChI is InChI=1S/C22H16F2N4O3/c23-15-7-1-3-9-17(15)25-20(29)13-28-21(30)18(26-22(28)31)12-14-6-5-11-27(14)19-10-4-2-8-16(19)24/h1-12H,13H2,(H,25,29)(H,26,31)/b18-12+. The number of rotatable bonds is 5. The molecule has 1 saturated heterocycles. The molecule has 3 aromatic rings. The molecule has 4 amide bonds. The first-order chi connectivity index (χ1) is 14.9. The summed E-state index contributed by atoms with van der Waals surface area (Å²) in [6, 6.07) is 14.2. The van der Waals surface area contributed by atoms with Crippen molar-refractivity contribution in [3.05, 3.63) is 89.9 Å². The van der Waals surface area contributed by atoms with Crippen LogP contribution in [0.3, 0.4) is 0 Å². The first kappa shape index (κ1) is 20.0. The number of para-hydroxylation sites is 2. The van der Waals surface area contributed by atoms with Gasteiger partial charge in [-0.25, -0.2) is 18.5 Å². The number of urea groups is 1. The van der Waals surface area contributed by atoms with Crippen LogP contribution >= 0.6 is 0 Å². The first-order valence-corrected chi connectivity index (χ1v) is 9.25. The molecule has 0 saturated carbocycles. The van der Waals surface area contributed by atoms with E-state index in [2.05, 4.69) is 10.6 Å². The highest BCUT2D eigenvalue weighted by molar-refractivity contribution is 6.15. The van der Waals surface area contributed by atoms with Gasteiger partial charge in [0.25, 0.3) is 5.91 Å². The Labute approximate surface area is 175 Å². The average Bonchev–Trinajstić information content (AvgIpc) is 3.30. The lowest BCUT2D eigenvalue weighted by Gasteiger charge is -2.12. The average molecular weight is 422 g/mol. The molecule has 0 bridgehead atoms. The number of nitrogens with one attached hydrogen (secondary N) is 2. The van der Waals surface area contributed by atoms with Gasteiger partial charge in [-0.2, -0.15) is 0 Å². The number of anilines is 1. The Morgan fingerprint density at radius 1 is 0.968 bits per heavy atom. The van der Waals surface area contributed by atoms with Crippen molar-refractivity contribution in [2.75, 3.05) is 11.9 Å². The van der Waals surface area contributed by atoms with Gasteiger partial charge < -0.3 is 15.2 Å². The molecule has 2 heterocycles. The van der Waals surface area contributed by atoms with Crippen LogP contribution in [-0.2, 0) is 9.59 Å². The summed E-state index contributed by atoms with van der Waals surface area (Å²) < 4.78 is 29.3. The minimum absolute atomic E-state index is 0.0574. The van der Waals surface area contributed by atoms with Gasteiger partial charge in [-0.1, -0.05) is 24.3 Å². The van der Waals surface area contributed by atoms with E-state index in [-0.39, 0.29) is 17.1 Å². The molecule has 1 fully saturated rings. The van der Waals surface area contributed by atoms with Crippen molar-refractivity contribution in [2.24, 2.45) is 0 Å². The largest absolute Gasteiger partial charge is 0.329 e. The van der Waals surface area contributed by atoms with Crippen molar-refractivity contribution in [3.63, 3.8) is 0 Å². The zero-order valence-electron chi connectivity index (χ0n) is 16.0. The predicted molar refractivity (Wildman–Crippen MR) is 109 cm³/mol. The molecule has 1 aliphatic rings. The molecule has 0 radical (unpaired) electrons. The van der Waals surface area contributed by atoms with Crippen molar-refractivity contribution in [1.82, 2.24) is 14.8 Å². The van der Waals surface area contributed by atoms with Crippen LogP contribution in [-0.4, -0.2) is 33.9 Å². The van der Waals surface area contributed by atoms with Gasteiger partial charge in [0.15, 0.2) is 0 Å². The minimum atomic E-state index is -0.788. The Kier molecular flexibility index (Phi) is 5.31. The van der Waals surface area contributed by atoms with Gasteiger partial charge in [0.05, 0.1) is 11.4 Å². The third-order valence-electron chi connectivity index (χ3n) is 4.60. The van der Waals surface area contributed by atoms with Crippen molar-refractivity contribution in [1.29, 1.82) is 0 Å². The quantitative estimate of drug-likeness (QED) is 0.489. The van der Waals surface area contributed by atoms with E-state index in [4.69, 9.17) is 0 Å². The van der Waals surface area contributed by atoms with Gasteiger partial charge in [0, 0.05) is 11.9 Å². The van der Waals surface area contributed by atoms with Crippen LogP contribution < -0.4 is 10.6 Å². The van der Waals surface area contributed by atoms with E-state index in [1.165, 1.54) is 41.0 Å².